The van der Waals surface area contributed by atoms with Gasteiger partial charge >= 0.3 is 18.2 Å². The number of rotatable bonds is 6. The van der Waals surface area contributed by atoms with E-state index < -0.39 is 23.7 Å². The minimum atomic E-state index is -5.16. The zero-order chi connectivity index (χ0) is 16.8. The van der Waals surface area contributed by atoms with E-state index >= 15 is 0 Å². The first-order valence-electron chi connectivity index (χ1n) is 6.05. The number of hydrogen-bond donors (Lipinski definition) is 4. The maximum absolute atomic E-state index is 12.6. The van der Waals surface area contributed by atoms with Gasteiger partial charge in [-0.3, -0.25) is 4.79 Å². The number of alkyl halides is 3. The zero-order valence-electron chi connectivity index (χ0n) is 11.8. The Balaban J connectivity index is 4.43. The van der Waals surface area contributed by atoms with Crippen LogP contribution in [0.4, 0.5) is 18.0 Å². The number of carboxylic acid groups (broad SMARTS) is 1. The summed E-state index contributed by atoms with van der Waals surface area (Å²) in [5.41, 5.74) is -3.41. The summed E-state index contributed by atoms with van der Waals surface area (Å²) in [4.78, 5) is 33.2. The average molecular weight is 313 g/mol. The standard InChI is InChI=1S/C11H18F3N3O4/c1-6(2)16-7(18)4-5-15-9(21)17-10(3,8(19)20)11(12,13)14/h6H,4-5H2,1-3H3,(H,16,18)(H,19,20)(H2,15,17,21). The molecule has 0 aromatic carbocycles. The summed E-state index contributed by atoms with van der Waals surface area (Å²) in [6.45, 7) is 3.55. The zero-order valence-corrected chi connectivity index (χ0v) is 11.8. The van der Waals surface area contributed by atoms with Gasteiger partial charge < -0.3 is 21.1 Å². The van der Waals surface area contributed by atoms with Crippen LogP contribution in [0, 0.1) is 0 Å². The molecule has 0 aliphatic carbocycles. The van der Waals surface area contributed by atoms with Crippen molar-refractivity contribution in [3.8, 4) is 0 Å². The minimum Gasteiger partial charge on any atom is -0.479 e. The predicted molar refractivity (Wildman–Crippen MR) is 66.5 cm³/mol. The Kier molecular flexibility index (Phi) is 6.46. The Bertz CT molecular complexity index is 412. The molecule has 0 aromatic rings. The summed E-state index contributed by atoms with van der Waals surface area (Å²) in [5, 5.41) is 14.5. The normalized spacial score (nSPS) is 14.2. The monoisotopic (exact) mass is 313 g/mol. The Morgan fingerprint density at radius 1 is 1.19 bits per heavy atom. The SMILES string of the molecule is CC(C)NC(=O)CCNC(=O)NC(C)(C(=O)O)C(F)(F)F. The quantitative estimate of drug-likeness (QED) is 0.576. The number of nitrogens with one attached hydrogen (secondary N) is 3. The van der Waals surface area contributed by atoms with Crippen LogP contribution in [0.15, 0.2) is 0 Å². The molecule has 0 heterocycles. The molecule has 0 bridgehead atoms. The van der Waals surface area contributed by atoms with E-state index in [4.69, 9.17) is 5.11 Å². The number of amides is 3. The molecule has 0 fully saturated rings. The molecule has 0 radical (unpaired) electrons. The Morgan fingerprint density at radius 3 is 2.10 bits per heavy atom. The number of aliphatic carboxylic acids is 1. The molecule has 122 valence electrons. The highest BCUT2D eigenvalue weighted by molar-refractivity contribution is 5.87. The molecular weight excluding hydrogens is 295 g/mol. The average Bonchev–Trinajstić information content (AvgIpc) is 2.25. The van der Waals surface area contributed by atoms with Gasteiger partial charge in [0.25, 0.3) is 0 Å². The summed E-state index contributed by atoms with van der Waals surface area (Å²) in [6.07, 6.45) is -5.30. The lowest BCUT2D eigenvalue weighted by Gasteiger charge is -2.28. The van der Waals surface area contributed by atoms with Gasteiger partial charge in [0.05, 0.1) is 0 Å². The van der Waals surface area contributed by atoms with Gasteiger partial charge in [0.15, 0.2) is 0 Å². The van der Waals surface area contributed by atoms with E-state index in [0.29, 0.717) is 6.92 Å². The maximum atomic E-state index is 12.6. The topological polar surface area (TPSA) is 108 Å². The van der Waals surface area contributed by atoms with Crippen molar-refractivity contribution < 1.29 is 32.7 Å². The molecular formula is C11H18F3N3O4. The van der Waals surface area contributed by atoms with Crippen molar-refractivity contribution in [2.75, 3.05) is 6.54 Å². The van der Waals surface area contributed by atoms with Crippen LogP contribution >= 0.6 is 0 Å². The molecule has 1 unspecified atom stereocenters. The number of urea groups is 1. The van der Waals surface area contributed by atoms with Crippen LogP contribution in [-0.2, 0) is 9.59 Å². The van der Waals surface area contributed by atoms with Crippen LogP contribution in [0.3, 0.4) is 0 Å². The second-order valence-electron chi connectivity index (χ2n) is 4.78. The molecule has 0 rings (SSSR count). The highest BCUT2D eigenvalue weighted by atomic mass is 19.4. The fourth-order valence-electron chi connectivity index (χ4n) is 1.20. The van der Waals surface area contributed by atoms with E-state index in [0.717, 1.165) is 0 Å². The van der Waals surface area contributed by atoms with Crippen LogP contribution in [0.1, 0.15) is 27.2 Å². The van der Waals surface area contributed by atoms with Crippen LogP contribution in [0.2, 0.25) is 0 Å². The molecule has 0 aliphatic heterocycles. The third-order valence-electron chi connectivity index (χ3n) is 2.45. The summed E-state index contributed by atoms with van der Waals surface area (Å²) in [5.74, 6) is -2.62. The van der Waals surface area contributed by atoms with Gasteiger partial charge in [-0.25, -0.2) is 9.59 Å². The van der Waals surface area contributed by atoms with Gasteiger partial charge in [0, 0.05) is 19.0 Å². The fourth-order valence-corrected chi connectivity index (χ4v) is 1.20. The van der Waals surface area contributed by atoms with Crippen molar-refractivity contribution in [2.45, 2.75) is 44.9 Å². The fraction of sp³-hybridized carbons (Fsp3) is 0.727. The molecule has 0 saturated heterocycles. The number of carbonyl (C=O) groups is 3. The first-order valence-corrected chi connectivity index (χ1v) is 6.05. The molecule has 0 aromatic heterocycles. The second kappa shape index (κ2) is 7.14. The third kappa shape index (κ3) is 5.88. The summed E-state index contributed by atoms with van der Waals surface area (Å²) in [7, 11) is 0. The molecule has 7 nitrogen and oxygen atoms in total. The first-order chi connectivity index (χ1) is 9.40. The molecule has 0 spiro atoms. The lowest BCUT2D eigenvalue weighted by atomic mass is 10.0. The number of halogens is 3. The molecule has 3 amide bonds. The molecule has 0 saturated carbocycles. The van der Waals surface area contributed by atoms with Crippen molar-refractivity contribution >= 4 is 17.9 Å². The third-order valence-corrected chi connectivity index (χ3v) is 2.45. The van der Waals surface area contributed by atoms with E-state index in [2.05, 4.69) is 5.32 Å². The largest absolute Gasteiger partial charge is 0.479 e. The van der Waals surface area contributed by atoms with E-state index in [1.54, 1.807) is 13.8 Å². The summed E-state index contributed by atoms with van der Waals surface area (Å²) in [6, 6.07) is -1.43. The van der Waals surface area contributed by atoms with Gasteiger partial charge in [-0.15, -0.1) is 0 Å². The number of carbonyl (C=O) groups excluding carboxylic acids is 2. The molecule has 4 N–H and O–H groups in total. The highest BCUT2D eigenvalue weighted by Crippen LogP contribution is 2.30. The maximum Gasteiger partial charge on any atom is 0.422 e. The van der Waals surface area contributed by atoms with Crippen molar-refractivity contribution in [1.82, 2.24) is 16.0 Å². The number of carboxylic acids is 1. The van der Waals surface area contributed by atoms with E-state index in [1.807, 2.05) is 5.32 Å². The van der Waals surface area contributed by atoms with Gasteiger partial charge in [0.2, 0.25) is 11.4 Å². The van der Waals surface area contributed by atoms with Crippen LogP contribution < -0.4 is 16.0 Å². The molecule has 0 aliphatic rings. The minimum absolute atomic E-state index is 0.105. The van der Waals surface area contributed by atoms with Crippen molar-refractivity contribution in [2.24, 2.45) is 0 Å². The van der Waals surface area contributed by atoms with Gasteiger partial charge in [-0.05, 0) is 20.8 Å². The molecule has 1 atom stereocenters. The lowest BCUT2D eigenvalue weighted by molar-refractivity contribution is -0.203. The number of hydrogen-bond acceptors (Lipinski definition) is 3. The lowest BCUT2D eigenvalue weighted by Crippen LogP contribution is -2.63. The van der Waals surface area contributed by atoms with Crippen molar-refractivity contribution in [3.63, 3.8) is 0 Å². The second-order valence-corrected chi connectivity index (χ2v) is 4.78. The van der Waals surface area contributed by atoms with E-state index in [9.17, 15) is 27.6 Å². The molecule has 10 heteroatoms. The first kappa shape index (κ1) is 19.0. The van der Waals surface area contributed by atoms with Crippen LogP contribution in [0.25, 0.3) is 0 Å². The van der Waals surface area contributed by atoms with Crippen molar-refractivity contribution in [3.05, 3.63) is 0 Å². The van der Waals surface area contributed by atoms with E-state index in [-0.39, 0.29) is 24.9 Å². The molecule has 21 heavy (non-hydrogen) atoms. The predicted octanol–water partition coefficient (Wildman–Crippen LogP) is 0.606. The Morgan fingerprint density at radius 2 is 1.71 bits per heavy atom. The highest BCUT2D eigenvalue weighted by Gasteiger charge is 2.58. The van der Waals surface area contributed by atoms with Crippen LogP contribution in [0.5, 0.6) is 0 Å². The van der Waals surface area contributed by atoms with Crippen LogP contribution in [-0.4, -0.2) is 47.3 Å². The summed E-state index contributed by atoms with van der Waals surface area (Å²) >= 11 is 0. The van der Waals surface area contributed by atoms with Gasteiger partial charge in [-0.2, -0.15) is 13.2 Å². The van der Waals surface area contributed by atoms with Crippen molar-refractivity contribution in [1.29, 1.82) is 0 Å². The van der Waals surface area contributed by atoms with E-state index in [1.165, 1.54) is 5.32 Å². The Hall–Kier alpha value is -2.00. The Labute approximate surface area is 119 Å². The summed E-state index contributed by atoms with van der Waals surface area (Å²) < 4.78 is 37.9. The smallest absolute Gasteiger partial charge is 0.422 e. The van der Waals surface area contributed by atoms with Gasteiger partial charge in [0.1, 0.15) is 0 Å². The van der Waals surface area contributed by atoms with Gasteiger partial charge in [-0.1, -0.05) is 0 Å².